The van der Waals surface area contributed by atoms with Crippen molar-refractivity contribution in [3.63, 3.8) is 0 Å². The monoisotopic (exact) mass is 366 g/mol. The molecule has 5 nitrogen and oxygen atoms in total. The zero-order chi connectivity index (χ0) is 17.9. The van der Waals surface area contributed by atoms with Gasteiger partial charge in [0.05, 0.1) is 5.69 Å². The van der Waals surface area contributed by atoms with E-state index in [4.69, 9.17) is 16.6 Å². The zero-order valence-corrected chi connectivity index (χ0v) is 15.0. The Balaban J connectivity index is 1.55. The molecule has 0 unspecified atom stereocenters. The topological polar surface area (TPSA) is 61.9 Å². The largest absolute Gasteiger partial charge is 0.337 e. The molecule has 1 aliphatic rings. The molecule has 1 saturated heterocycles. The van der Waals surface area contributed by atoms with Crippen LogP contribution in [-0.4, -0.2) is 39.1 Å². The van der Waals surface area contributed by atoms with Crippen LogP contribution in [0.5, 0.6) is 0 Å². The minimum absolute atomic E-state index is 0.00167. The Bertz CT molecular complexity index is 910. The fourth-order valence-corrected chi connectivity index (χ4v) is 3.63. The number of carbonyl (C=O) groups is 1. The van der Waals surface area contributed by atoms with Gasteiger partial charge in [-0.15, -0.1) is 0 Å². The minimum atomic E-state index is -0.00167. The highest BCUT2D eigenvalue weighted by atomic mass is 35.5. The zero-order valence-electron chi connectivity index (χ0n) is 14.2. The van der Waals surface area contributed by atoms with E-state index in [2.05, 4.69) is 10.2 Å². The van der Waals surface area contributed by atoms with E-state index < -0.39 is 0 Å². The van der Waals surface area contributed by atoms with Crippen molar-refractivity contribution >= 4 is 17.5 Å². The lowest BCUT2D eigenvalue weighted by Crippen LogP contribution is -2.39. The molecule has 1 fully saturated rings. The summed E-state index contributed by atoms with van der Waals surface area (Å²) in [6, 6.07) is 15.5. The maximum Gasteiger partial charge on any atom is 0.271 e. The van der Waals surface area contributed by atoms with Gasteiger partial charge in [0, 0.05) is 41.5 Å². The van der Waals surface area contributed by atoms with Crippen molar-refractivity contribution in [1.29, 1.82) is 0 Å². The maximum absolute atomic E-state index is 12.6. The number of H-pyrrole nitrogens is 1. The molecule has 26 heavy (non-hydrogen) atoms. The first kappa shape index (κ1) is 16.8. The van der Waals surface area contributed by atoms with E-state index in [1.165, 1.54) is 0 Å². The Labute approximate surface area is 157 Å². The van der Waals surface area contributed by atoms with Crippen LogP contribution < -0.4 is 0 Å². The summed E-state index contributed by atoms with van der Waals surface area (Å²) < 4.78 is 0. The second-order valence-corrected chi connectivity index (χ2v) is 6.96. The van der Waals surface area contributed by atoms with E-state index in [-0.39, 0.29) is 11.8 Å². The van der Waals surface area contributed by atoms with Crippen molar-refractivity contribution < 1.29 is 4.79 Å². The van der Waals surface area contributed by atoms with Crippen LogP contribution in [0, 0.1) is 0 Å². The summed E-state index contributed by atoms with van der Waals surface area (Å²) in [5.74, 6) is 0.230. The van der Waals surface area contributed by atoms with Crippen LogP contribution in [0.15, 0.2) is 54.7 Å². The maximum atomic E-state index is 12.6. The lowest BCUT2D eigenvalue weighted by molar-refractivity contribution is 0.0700. The Kier molecular flexibility index (Phi) is 4.71. The van der Waals surface area contributed by atoms with Gasteiger partial charge in [-0.05, 0) is 43.2 Å². The smallest absolute Gasteiger partial charge is 0.271 e. The first-order valence-electron chi connectivity index (χ1n) is 8.72. The number of benzene rings is 1. The fourth-order valence-electron chi connectivity index (χ4n) is 3.44. The number of piperidine rings is 1. The summed E-state index contributed by atoms with van der Waals surface area (Å²) >= 11 is 6.11. The van der Waals surface area contributed by atoms with Gasteiger partial charge in [0.2, 0.25) is 0 Å². The number of aromatic nitrogens is 3. The van der Waals surface area contributed by atoms with Crippen molar-refractivity contribution in [2.45, 2.75) is 18.8 Å². The Morgan fingerprint density at radius 1 is 1.19 bits per heavy atom. The van der Waals surface area contributed by atoms with Crippen molar-refractivity contribution in [3.05, 3.63) is 71.1 Å². The van der Waals surface area contributed by atoms with Crippen LogP contribution in [0.2, 0.25) is 5.02 Å². The molecule has 6 heteroatoms. The number of halogens is 1. The van der Waals surface area contributed by atoms with Gasteiger partial charge in [-0.3, -0.25) is 14.9 Å². The van der Waals surface area contributed by atoms with Crippen LogP contribution in [0.3, 0.4) is 0 Å². The van der Waals surface area contributed by atoms with Crippen LogP contribution >= 0.6 is 11.6 Å². The van der Waals surface area contributed by atoms with Gasteiger partial charge in [-0.25, -0.2) is 0 Å². The standard InChI is InChI=1S/C20H19ClN4O/c21-16-6-1-4-14(12-16)17-7-2-8-18(23-17)15-5-3-11-25(13-15)20(26)19-9-10-22-24-19/h1-2,4,6-10,12,15H,3,5,11,13H2,(H,22,24)/t15-/m1/s1. The number of pyridine rings is 1. The van der Waals surface area contributed by atoms with E-state index in [1.807, 2.05) is 47.4 Å². The summed E-state index contributed by atoms with van der Waals surface area (Å²) in [4.78, 5) is 19.3. The lowest BCUT2D eigenvalue weighted by atomic mass is 9.93. The molecule has 4 rings (SSSR count). The van der Waals surface area contributed by atoms with E-state index >= 15 is 0 Å². The molecule has 1 N–H and O–H groups in total. The third-order valence-corrected chi connectivity index (χ3v) is 4.98. The molecular weight excluding hydrogens is 348 g/mol. The summed E-state index contributed by atoms with van der Waals surface area (Å²) in [5, 5.41) is 7.33. The number of likely N-dealkylation sites (tertiary alicyclic amines) is 1. The molecule has 3 aromatic rings. The SMILES string of the molecule is O=C(c1ccn[nH]1)N1CCC[C@@H](c2cccc(-c3cccc(Cl)c3)n2)C1. The molecule has 2 aromatic heterocycles. The summed E-state index contributed by atoms with van der Waals surface area (Å²) in [6.07, 6.45) is 3.59. The number of aromatic amines is 1. The highest BCUT2D eigenvalue weighted by Gasteiger charge is 2.27. The Morgan fingerprint density at radius 3 is 2.88 bits per heavy atom. The van der Waals surface area contributed by atoms with E-state index in [9.17, 15) is 4.79 Å². The molecule has 0 saturated carbocycles. The Morgan fingerprint density at radius 2 is 2.08 bits per heavy atom. The third-order valence-electron chi connectivity index (χ3n) is 4.75. The van der Waals surface area contributed by atoms with Gasteiger partial charge in [0.1, 0.15) is 5.69 Å². The predicted octanol–water partition coefficient (Wildman–Crippen LogP) is 4.14. The second kappa shape index (κ2) is 7.30. The average Bonchev–Trinajstić information content (AvgIpc) is 3.22. The second-order valence-electron chi connectivity index (χ2n) is 6.52. The van der Waals surface area contributed by atoms with Gasteiger partial charge in [0.25, 0.3) is 5.91 Å². The molecule has 0 bridgehead atoms. The molecule has 132 valence electrons. The number of nitrogens with one attached hydrogen (secondary N) is 1. The van der Waals surface area contributed by atoms with E-state index in [1.54, 1.807) is 12.3 Å². The fraction of sp³-hybridized carbons (Fsp3) is 0.250. The van der Waals surface area contributed by atoms with Crippen molar-refractivity contribution in [2.75, 3.05) is 13.1 Å². The molecule has 0 spiro atoms. The van der Waals surface area contributed by atoms with Crippen LogP contribution in [0.1, 0.15) is 34.9 Å². The van der Waals surface area contributed by atoms with Crippen molar-refractivity contribution in [1.82, 2.24) is 20.1 Å². The molecule has 3 heterocycles. The van der Waals surface area contributed by atoms with Gasteiger partial charge in [-0.1, -0.05) is 29.8 Å². The number of amides is 1. The van der Waals surface area contributed by atoms with Gasteiger partial charge in [-0.2, -0.15) is 5.10 Å². The summed E-state index contributed by atoms with van der Waals surface area (Å²) in [7, 11) is 0. The third kappa shape index (κ3) is 3.48. The average molecular weight is 367 g/mol. The van der Waals surface area contributed by atoms with E-state index in [0.29, 0.717) is 17.3 Å². The minimum Gasteiger partial charge on any atom is -0.337 e. The number of hydrogen-bond acceptors (Lipinski definition) is 3. The normalized spacial score (nSPS) is 17.3. The van der Waals surface area contributed by atoms with Gasteiger partial charge < -0.3 is 4.90 Å². The molecule has 0 radical (unpaired) electrons. The number of nitrogens with zero attached hydrogens (tertiary/aromatic N) is 3. The van der Waals surface area contributed by atoms with Crippen molar-refractivity contribution in [2.24, 2.45) is 0 Å². The molecule has 1 amide bonds. The van der Waals surface area contributed by atoms with Crippen LogP contribution in [0.4, 0.5) is 0 Å². The molecule has 0 aliphatic carbocycles. The quantitative estimate of drug-likeness (QED) is 0.757. The molecular formula is C20H19ClN4O. The summed E-state index contributed by atoms with van der Waals surface area (Å²) in [6.45, 7) is 1.44. The van der Waals surface area contributed by atoms with Crippen molar-refractivity contribution in [3.8, 4) is 11.3 Å². The van der Waals surface area contributed by atoms with Gasteiger partial charge >= 0.3 is 0 Å². The number of carbonyl (C=O) groups excluding carboxylic acids is 1. The van der Waals surface area contributed by atoms with Crippen LogP contribution in [-0.2, 0) is 0 Å². The first-order chi connectivity index (χ1) is 12.7. The van der Waals surface area contributed by atoms with E-state index in [0.717, 1.165) is 36.3 Å². The highest BCUT2D eigenvalue weighted by molar-refractivity contribution is 6.30. The summed E-state index contributed by atoms with van der Waals surface area (Å²) in [5.41, 5.74) is 3.46. The molecule has 1 atom stereocenters. The molecule has 1 aromatic carbocycles. The highest BCUT2D eigenvalue weighted by Crippen LogP contribution is 2.29. The first-order valence-corrected chi connectivity index (χ1v) is 9.10. The molecule has 1 aliphatic heterocycles. The van der Waals surface area contributed by atoms with Crippen LogP contribution in [0.25, 0.3) is 11.3 Å². The predicted molar refractivity (Wildman–Crippen MR) is 101 cm³/mol. The Hall–Kier alpha value is -2.66. The number of rotatable bonds is 3. The lowest BCUT2D eigenvalue weighted by Gasteiger charge is -2.32. The number of hydrogen-bond donors (Lipinski definition) is 1. The van der Waals surface area contributed by atoms with Gasteiger partial charge in [0.15, 0.2) is 0 Å².